The third kappa shape index (κ3) is 6.74. The number of carbonyl (C=O) groups excluding carboxylic acids is 2. The summed E-state index contributed by atoms with van der Waals surface area (Å²) in [7, 11) is -4.02. The van der Waals surface area contributed by atoms with Gasteiger partial charge in [0.2, 0.25) is 10.0 Å². The number of esters is 1. The van der Waals surface area contributed by atoms with Gasteiger partial charge in [-0.15, -0.1) is 0 Å². The monoisotopic (exact) mass is 495 g/mol. The Hall–Kier alpha value is -1.72. The Kier molecular flexibility index (Phi) is 7.57. The van der Waals surface area contributed by atoms with Crippen molar-refractivity contribution in [1.82, 2.24) is 9.71 Å². The number of hydrogen-bond donors (Lipinski definition) is 2. The first kappa shape index (κ1) is 21.6. The number of nitrogens with zero attached hydrogens (tertiary/aromatic N) is 1. The molecule has 1 aromatic heterocycles. The number of anilines is 1. The van der Waals surface area contributed by atoms with E-state index in [1.807, 2.05) is 0 Å². The summed E-state index contributed by atoms with van der Waals surface area (Å²) in [5.74, 6) is -1.35. The van der Waals surface area contributed by atoms with Gasteiger partial charge >= 0.3 is 5.97 Å². The summed E-state index contributed by atoms with van der Waals surface area (Å²) in [4.78, 5) is 27.0. The van der Waals surface area contributed by atoms with Crippen LogP contribution in [-0.2, 0) is 24.3 Å². The average molecular weight is 497 g/mol. The predicted octanol–water partition coefficient (Wildman–Crippen LogP) is 2.61. The number of amides is 1. The lowest BCUT2D eigenvalue weighted by molar-refractivity contribution is -0.146. The summed E-state index contributed by atoms with van der Waals surface area (Å²) < 4.78 is 31.7. The minimum absolute atomic E-state index is 0.0138. The van der Waals surface area contributed by atoms with Gasteiger partial charge in [-0.1, -0.05) is 39.1 Å². The maximum atomic E-state index is 12.2. The van der Waals surface area contributed by atoms with E-state index in [4.69, 9.17) is 27.9 Å². The first-order valence-electron chi connectivity index (χ1n) is 7.19. The molecule has 1 aromatic carbocycles. The largest absolute Gasteiger partial charge is 0.455 e. The molecule has 0 bridgehead atoms. The van der Waals surface area contributed by atoms with Crippen molar-refractivity contribution in [2.75, 3.05) is 18.5 Å². The quantitative estimate of drug-likeness (QED) is 0.569. The third-order valence-corrected chi connectivity index (χ3v) is 5.55. The third-order valence-electron chi connectivity index (χ3n) is 2.95. The zero-order valence-corrected chi connectivity index (χ0v) is 17.3. The van der Waals surface area contributed by atoms with Gasteiger partial charge in [0, 0.05) is 10.7 Å². The number of nitrogens with one attached hydrogen (secondary N) is 2. The van der Waals surface area contributed by atoms with Crippen molar-refractivity contribution < 1.29 is 22.7 Å². The standard InChI is InChI=1S/C15H12BrCl2N3O5S/c16-9-1-3-12(11(18)5-9)27(24,25)20-7-15(23)26-8-14(22)21-13-4-2-10(17)6-19-13/h1-6,20H,7-8H2,(H,19,21,22). The molecular weight excluding hydrogens is 485 g/mol. The van der Waals surface area contributed by atoms with Crippen molar-refractivity contribution >= 4 is 66.8 Å². The van der Waals surface area contributed by atoms with E-state index in [0.717, 1.165) is 0 Å². The number of aromatic nitrogens is 1. The van der Waals surface area contributed by atoms with Crippen molar-refractivity contribution in [3.8, 4) is 0 Å². The molecule has 8 nitrogen and oxygen atoms in total. The Morgan fingerprint density at radius 3 is 2.56 bits per heavy atom. The van der Waals surface area contributed by atoms with Crippen LogP contribution in [0.2, 0.25) is 10.0 Å². The van der Waals surface area contributed by atoms with Crippen molar-refractivity contribution in [3.63, 3.8) is 0 Å². The first-order valence-corrected chi connectivity index (χ1v) is 10.2. The van der Waals surface area contributed by atoms with Crippen molar-refractivity contribution in [2.24, 2.45) is 0 Å². The van der Waals surface area contributed by atoms with Gasteiger partial charge in [0.05, 0.1) is 10.0 Å². The highest BCUT2D eigenvalue weighted by Gasteiger charge is 2.20. The molecule has 2 aromatic rings. The van der Waals surface area contributed by atoms with Crippen LogP contribution in [0.5, 0.6) is 0 Å². The highest BCUT2D eigenvalue weighted by Crippen LogP contribution is 2.24. The molecule has 0 saturated carbocycles. The molecule has 27 heavy (non-hydrogen) atoms. The summed E-state index contributed by atoms with van der Waals surface area (Å²) in [5, 5.41) is 2.78. The zero-order chi connectivity index (χ0) is 20.0. The van der Waals surface area contributed by atoms with Crippen LogP contribution in [-0.4, -0.2) is 38.4 Å². The fraction of sp³-hybridized carbons (Fsp3) is 0.133. The Balaban J connectivity index is 1.83. The number of ether oxygens (including phenoxy) is 1. The summed E-state index contributed by atoms with van der Waals surface area (Å²) in [6.45, 7) is -1.27. The molecular formula is C15H12BrCl2N3O5S. The van der Waals surface area contributed by atoms with Crippen LogP contribution in [0.25, 0.3) is 0 Å². The van der Waals surface area contributed by atoms with Crippen LogP contribution in [0.3, 0.4) is 0 Å². The number of rotatable bonds is 7. The van der Waals surface area contributed by atoms with Gasteiger partial charge in [0.25, 0.3) is 5.91 Å². The molecule has 0 aliphatic rings. The number of benzene rings is 1. The SMILES string of the molecule is O=C(COC(=O)CNS(=O)(=O)c1ccc(Br)cc1Cl)Nc1ccc(Cl)cn1. The van der Waals surface area contributed by atoms with E-state index < -0.39 is 35.1 Å². The van der Waals surface area contributed by atoms with Crippen LogP contribution in [0.15, 0.2) is 45.9 Å². The van der Waals surface area contributed by atoms with Gasteiger partial charge in [0.15, 0.2) is 6.61 Å². The van der Waals surface area contributed by atoms with Crippen molar-refractivity contribution in [1.29, 1.82) is 0 Å². The second-order valence-electron chi connectivity index (χ2n) is 4.97. The minimum atomic E-state index is -4.02. The molecule has 0 spiro atoms. The average Bonchev–Trinajstić information content (AvgIpc) is 2.60. The molecule has 0 atom stereocenters. The van der Waals surface area contributed by atoms with E-state index in [2.05, 4.69) is 31.0 Å². The Bertz CT molecular complexity index is 954. The number of hydrogen-bond acceptors (Lipinski definition) is 6. The minimum Gasteiger partial charge on any atom is -0.455 e. The summed E-state index contributed by atoms with van der Waals surface area (Å²) in [5.41, 5.74) is 0. The zero-order valence-electron chi connectivity index (χ0n) is 13.4. The first-order chi connectivity index (χ1) is 12.7. The molecule has 1 amide bonds. The molecule has 2 N–H and O–H groups in total. The van der Waals surface area contributed by atoms with Crippen LogP contribution < -0.4 is 10.0 Å². The highest BCUT2D eigenvalue weighted by atomic mass is 79.9. The Morgan fingerprint density at radius 1 is 1.19 bits per heavy atom. The second kappa shape index (κ2) is 9.47. The number of sulfonamides is 1. The van der Waals surface area contributed by atoms with Gasteiger partial charge in [-0.05, 0) is 30.3 Å². The van der Waals surface area contributed by atoms with E-state index in [9.17, 15) is 18.0 Å². The molecule has 0 saturated heterocycles. The topological polar surface area (TPSA) is 114 Å². The molecule has 2 rings (SSSR count). The maximum absolute atomic E-state index is 12.2. The number of carbonyl (C=O) groups is 2. The van der Waals surface area contributed by atoms with Gasteiger partial charge < -0.3 is 10.1 Å². The molecule has 0 aliphatic carbocycles. The normalized spacial score (nSPS) is 11.1. The van der Waals surface area contributed by atoms with Gasteiger partial charge in [0.1, 0.15) is 17.3 Å². The Morgan fingerprint density at radius 2 is 1.93 bits per heavy atom. The fourth-order valence-corrected chi connectivity index (χ4v) is 3.87. The summed E-state index contributed by atoms with van der Waals surface area (Å²) >= 11 is 14.7. The molecule has 1 heterocycles. The van der Waals surface area contributed by atoms with Crippen LogP contribution in [0.4, 0.5) is 5.82 Å². The van der Waals surface area contributed by atoms with Crippen LogP contribution in [0, 0.1) is 0 Å². The van der Waals surface area contributed by atoms with Crippen molar-refractivity contribution in [3.05, 3.63) is 51.0 Å². The smallest absolute Gasteiger partial charge is 0.321 e. The van der Waals surface area contributed by atoms with E-state index >= 15 is 0 Å². The van der Waals surface area contributed by atoms with E-state index in [0.29, 0.717) is 9.50 Å². The lowest BCUT2D eigenvalue weighted by Crippen LogP contribution is -2.32. The molecule has 144 valence electrons. The van der Waals surface area contributed by atoms with E-state index in [1.54, 1.807) is 0 Å². The molecule has 0 unspecified atom stereocenters. The van der Waals surface area contributed by atoms with E-state index in [1.165, 1.54) is 36.5 Å². The molecule has 0 aliphatic heterocycles. The number of halogens is 3. The van der Waals surface area contributed by atoms with Gasteiger partial charge in [-0.2, -0.15) is 4.72 Å². The fourth-order valence-electron chi connectivity index (χ4n) is 1.75. The van der Waals surface area contributed by atoms with Gasteiger partial charge in [-0.3, -0.25) is 9.59 Å². The van der Waals surface area contributed by atoms with Crippen LogP contribution >= 0.6 is 39.1 Å². The predicted molar refractivity (Wildman–Crippen MR) is 103 cm³/mol. The maximum Gasteiger partial charge on any atom is 0.321 e. The number of pyridine rings is 1. The summed E-state index contributed by atoms with van der Waals surface area (Å²) in [6.07, 6.45) is 1.34. The Labute approximate surface area is 173 Å². The van der Waals surface area contributed by atoms with Crippen LogP contribution in [0.1, 0.15) is 0 Å². The lowest BCUT2D eigenvalue weighted by Gasteiger charge is -2.09. The highest BCUT2D eigenvalue weighted by molar-refractivity contribution is 9.10. The molecule has 0 fully saturated rings. The second-order valence-corrected chi connectivity index (χ2v) is 8.46. The van der Waals surface area contributed by atoms with Crippen molar-refractivity contribution in [2.45, 2.75) is 4.90 Å². The lowest BCUT2D eigenvalue weighted by atomic mass is 10.4. The van der Waals surface area contributed by atoms with Gasteiger partial charge in [-0.25, -0.2) is 13.4 Å². The van der Waals surface area contributed by atoms with E-state index in [-0.39, 0.29) is 15.7 Å². The molecule has 0 radical (unpaired) electrons. The molecule has 12 heteroatoms. The summed E-state index contributed by atoms with van der Waals surface area (Å²) in [6, 6.07) is 7.18.